The highest BCUT2D eigenvalue weighted by atomic mass is 15.2. The van der Waals surface area contributed by atoms with E-state index < -0.39 is 0 Å². The summed E-state index contributed by atoms with van der Waals surface area (Å²) >= 11 is 0. The van der Waals surface area contributed by atoms with Gasteiger partial charge in [0, 0.05) is 43.7 Å². The molecule has 0 atom stereocenters. The van der Waals surface area contributed by atoms with E-state index >= 15 is 0 Å². The standard InChI is InChI=1S/C21H25N5/c1-16(2)23-21-24-19(18-7-5-4-6-8-18)15-20(25-21)26(3)14-11-17-9-12-22-13-10-17/h4-10,12-13,15-16H,11,14H2,1-3H3,(H,23,24,25). The van der Waals surface area contributed by atoms with Crippen LogP contribution in [0.1, 0.15) is 19.4 Å². The number of pyridine rings is 1. The fourth-order valence-corrected chi connectivity index (χ4v) is 2.67. The number of rotatable bonds is 7. The van der Waals surface area contributed by atoms with Crippen LogP contribution in [-0.2, 0) is 6.42 Å². The predicted molar refractivity (Wildman–Crippen MR) is 107 cm³/mol. The molecule has 2 heterocycles. The lowest BCUT2D eigenvalue weighted by atomic mass is 10.1. The third-order valence-corrected chi connectivity index (χ3v) is 4.08. The predicted octanol–water partition coefficient (Wildman–Crippen LogP) is 4.04. The van der Waals surface area contributed by atoms with Crippen molar-refractivity contribution in [2.45, 2.75) is 26.3 Å². The highest BCUT2D eigenvalue weighted by Crippen LogP contribution is 2.23. The monoisotopic (exact) mass is 347 g/mol. The summed E-state index contributed by atoms with van der Waals surface area (Å²) in [6.45, 7) is 5.05. The van der Waals surface area contributed by atoms with Gasteiger partial charge in [-0.3, -0.25) is 4.98 Å². The van der Waals surface area contributed by atoms with Gasteiger partial charge in [-0.25, -0.2) is 4.98 Å². The zero-order valence-electron chi connectivity index (χ0n) is 15.6. The Bertz CT molecular complexity index is 818. The zero-order chi connectivity index (χ0) is 18.4. The maximum absolute atomic E-state index is 4.70. The Morgan fingerprint density at radius 1 is 1.00 bits per heavy atom. The molecule has 0 saturated heterocycles. The van der Waals surface area contributed by atoms with Crippen LogP contribution in [0.2, 0.25) is 0 Å². The second-order valence-electron chi connectivity index (χ2n) is 6.63. The molecular formula is C21H25N5. The van der Waals surface area contributed by atoms with Crippen molar-refractivity contribution in [3.05, 3.63) is 66.5 Å². The molecule has 26 heavy (non-hydrogen) atoms. The van der Waals surface area contributed by atoms with Crippen LogP contribution in [0.4, 0.5) is 11.8 Å². The summed E-state index contributed by atoms with van der Waals surface area (Å²) in [5, 5.41) is 3.33. The van der Waals surface area contributed by atoms with E-state index in [-0.39, 0.29) is 6.04 Å². The number of hydrogen-bond acceptors (Lipinski definition) is 5. The fraction of sp³-hybridized carbons (Fsp3) is 0.286. The van der Waals surface area contributed by atoms with Crippen LogP contribution < -0.4 is 10.2 Å². The summed E-state index contributed by atoms with van der Waals surface area (Å²) in [6, 6.07) is 16.6. The van der Waals surface area contributed by atoms with Crippen molar-refractivity contribution in [3.8, 4) is 11.3 Å². The molecule has 3 aromatic rings. The van der Waals surface area contributed by atoms with Gasteiger partial charge in [0.2, 0.25) is 5.95 Å². The van der Waals surface area contributed by atoms with Crippen molar-refractivity contribution < 1.29 is 0 Å². The van der Waals surface area contributed by atoms with Crippen molar-refractivity contribution in [2.24, 2.45) is 0 Å². The Kier molecular flexibility index (Phi) is 5.79. The molecule has 0 aliphatic carbocycles. The Morgan fingerprint density at radius 2 is 1.73 bits per heavy atom. The highest BCUT2D eigenvalue weighted by molar-refractivity contribution is 5.64. The molecule has 5 heteroatoms. The molecule has 0 unspecified atom stereocenters. The smallest absolute Gasteiger partial charge is 0.225 e. The van der Waals surface area contributed by atoms with E-state index in [9.17, 15) is 0 Å². The number of aromatic nitrogens is 3. The van der Waals surface area contributed by atoms with Crippen LogP contribution in [0.15, 0.2) is 60.9 Å². The van der Waals surface area contributed by atoms with Gasteiger partial charge in [0.15, 0.2) is 0 Å². The number of likely N-dealkylation sites (N-methyl/N-ethyl adjacent to an activating group) is 1. The molecule has 0 fully saturated rings. The summed E-state index contributed by atoms with van der Waals surface area (Å²) < 4.78 is 0. The Hall–Kier alpha value is -2.95. The fourth-order valence-electron chi connectivity index (χ4n) is 2.67. The largest absolute Gasteiger partial charge is 0.359 e. The summed E-state index contributed by atoms with van der Waals surface area (Å²) in [4.78, 5) is 15.6. The van der Waals surface area contributed by atoms with E-state index in [1.165, 1.54) is 5.56 Å². The van der Waals surface area contributed by atoms with E-state index in [1.807, 2.05) is 36.7 Å². The number of benzene rings is 1. The molecule has 0 bridgehead atoms. The van der Waals surface area contributed by atoms with Crippen molar-refractivity contribution in [2.75, 3.05) is 23.8 Å². The highest BCUT2D eigenvalue weighted by Gasteiger charge is 2.11. The second-order valence-corrected chi connectivity index (χ2v) is 6.63. The summed E-state index contributed by atoms with van der Waals surface area (Å²) in [7, 11) is 2.07. The summed E-state index contributed by atoms with van der Waals surface area (Å²) in [5.41, 5.74) is 3.28. The van der Waals surface area contributed by atoms with Gasteiger partial charge in [-0.05, 0) is 38.0 Å². The average Bonchev–Trinajstić information content (AvgIpc) is 2.67. The van der Waals surface area contributed by atoms with Crippen LogP contribution in [-0.4, -0.2) is 34.6 Å². The molecule has 0 spiro atoms. The van der Waals surface area contributed by atoms with Crippen LogP contribution in [0.3, 0.4) is 0 Å². The molecule has 2 aromatic heterocycles. The van der Waals surface area contributed by atoms with Crippen LogP contribution in [0.25, 0.3) is 11.3 Å². The van der Waals surface area contributed by atoms with Gasteiger partial charge in [0.1, 0.15) is 5.82 Å². The number of anilines is 2. The SMILES string of the molecule is CC(C)Nc1nc(-c2ccccc2)cc(N(C)CCc2ccncc2)n1. The van der Waals surface area contributed by atoms with Crippen molar-refractivity contribution in [3.63, 3.8) is 0 Å². The van der Waals surface area contributed by atoms with Crippen LogP contribution in [0, 0.1) is 0 Å². The summed E-state index contributed by atoms with van der Waals surface area (Å²) in [6.07, 6.45) is 4.60. The molecule has 0 amide bonds. The molecule has 1 aromatic carbocycles. The molecule has 0 aliphatic heterocycles. The zero-order valence-corrected chi connectivity index (χ0v) is 15.6. The van der Waals surface area contributed by atoms with E-state index in [4.69, 9.17) is 4.98 Å². The lowest BCUT2D eigenvalue weighted by Gasteiger charge is -2.20. The lowest BCUT2D eigenvalue weighted by molar-refractivity contribution is 0.841. The molecule has 0 saturated carbocycles. The minimum absolute atomic E-state index is 0.274. The molecular weight excluding hydrogens is 322 g/mol. The van der Waals surface area contributed by atoms with Gasteiger partial charge >= 0.3 is 0 Å². The normalized spacial score (nSPS) is 10.8. The van der Waals surface area contributed by atoms with Gasteiger partial charge in [-0.2, -0.15) is 4.98 Å². The van der Waals surface area contributed by atoms with E-state index in [2.05, 4.69) is 65.3 Å². The van der Waals surface area contributed by atoms with Gasteiger partial charge < -0.3 is 10.2 Å². The van der Waals surface area contributed by atoms with Gasteiger partial charge in [-0.1, -0.05) is 30.3 Å². The summed E-state index contributed by atoms with van der Waals surface area (Å²) in [5.74, 6) is 1.57. The van der Waals surface area contributed by atoms with E-state index in [0.29, 0.717) is 5.95 Å². The average molecular weight is 347 g/mol. The first-order valence-electron chi connectivity index (χ1n) is 8.93. The molecule has 5 nitrogen and oxygen atoms in total. The molecule has 134 valence electrons. The first kappa shape index (κ1) is 17.9. The lowest BCUT2D eigenvalue weighted by Crippen LogP contribution is -2.23. The van der Waals surface area contributed by atoms with Crippen molar-refractivity contribution in [1.82, 2.24) is 15.0 Å². The first-order chi connectivity index (χ1) is 12.6. The van der Waals surface area contributed by atoms with Crippen LogP contribution in [0.5, 0.6) is 0 Å². The quantitative estimate of drug-likeness (QED) is 0.699. The number of nitrogens with one attached hydrogen (secondary N) is 1. The first-order valence-corrected chi connectivity index (χ1v) is 8.93. The number of hydrogen-bond donors (Lipinski definition) is 1. The second kappa shape index (κ2) is 8.43. The molecule has 1 N–H and O–H groups in total. The minimum Gasteiger partial charge on any atom is -0.359 e. The van der Waals surface area contributed by atoms with E-state index in [1.54, 1.807) is 0 Å². The Balaban J connectivity index is 1.84. The maximum atomic E-state index is 4.70. The topological polar surface area (TPSA) is 53.9 Å². The third-order valence-electron chi connectivity index (χ3n) is 4.08. The number of nitrogens with zero attached hydrogens (tertiary/aromatic N) is 4. The molecule has 3 rings (SSSR count). The van der Waals surface area contributed by atoms with Gasteiger partial charge in [-0.15, -0.1) is 0 Å². The van der Waals surface area contributed by atoms with Crippen LogP contribution >= 0.6 is 0 Å². The van der Waals surface area contributed by atoms with Gasteiger partial charge in [0.25, 0.3) is 0 Å². The third kappa shape index (κ3) is 4.79. The molecule has 0 aliphatic rings. The van der Waals surface area contributed by atoms with Crippen molar-refractivity contribution in [1.29, 1.82) is 0 Å². The minimum atomic E-state index is 0.274. The van der Waals surface area contributed by atoms with Crippen molar-refractivity contribution >= 4 is 11.8 Å². The Labute approximate surface area is 155 Å². The maximum Gasteiger partial charge on any atom is 0.225 e. The Morgan fingerprint density at radius 3 is 2.42 bits per heavy atom. The van der Waals surface area contributed by atoms with Gasteiger partial charge in [0.05, 0.1) is 5.69 Å². The van der Waals surface area contributed by atoms with E-state index in [0.717, 1.165) is 30.0 Å². The molecule has 0 radical (unpaired) electrons.